The summed E-state index contributed by atoms with van der Waals surface area (Å²) in [5.74, 6) is -1.21. The molecule has 108 valence electrons. The SMILES string of the molecule is CC(C)N(CC(F)(F)F)c1nnc(SCC(=O)O)s1. The van der Waals surface area contributed by atoms with Gasteiger partial charge in [-0.2, -0.15) is 13.2 Å². The van der Waals surface area contributed by atoms with Crippen LogP contribution >= 0.6 is 23.1 Å². The van der Waals surface area contributed by atoms with Crippen molar-refractivity contribution in [2.45, 2.75) is 30.4 Å². The van der Waals surface area contributed by atoms with E-state index >= 15 is 0 Å². The first-order valence-electron chi connectivity index (χ1n) is 5.20. The van der Waals surface area contributed by atoms with Crippen molar-refractivity contribution in [2.75, 3.05) is 17.2 Å². The van der Waals surface area contributed by atoms with Crippen LogP contribution in [0.2, 0.25) is 0 Å². The Morgan fingerprint density at radius 3 is 2.58 bits per heavy atom. The zero-order valence-corrected chi connectivity index (χ0v) is 11.8. The minimum atomic E-state index is -4.33. The van der Waals surface area contributed by atoms with Crippen LogP contribution in [0.4, 0.5) is 18.3 Å². The molecule has 1 aromatic heterocycles. The molecule has 5 nitrogen and oxygen atoms in total. The molecule has 0 atom stereocenters. The predicted molar refractivity (Wildman–Crippen MR) is 66.8 cm³/mol. The van der Waals surface area contributed by atoms with Gasteiger partial charge < -0.3 is 10.0 Å². The fourth-order valence-electron chi connectivity index (χ4n) is 1.16. The molecular formula is C9H12F3N3O2S2. The number of carboxylic acid groups (broad SMARTS) is 1. The zero-order chi connectivity index (χ0) is 14.6. The molecule has 0 saturated carbocycles. The summed E-state index contributed by atoms with van der Waals surface area (Å²) in [6, 6.07) is -0.383. The van der Waals surface area contributed by atoms with Crippen LogP contribution in [0.15, 0.2) is 4.34 Å². The summed E-state index contributed by atoms with van der Waals surface area (Å²) < 4.78 is 37.7. The van der Waals surface area contributed by atoms with Gasteiger partial charge in [0.05, 0.1) is 5.75 Å². The first-order chi connectivity index (χ1) is 8.69. The highest BCUT2D eigenvalue weighted by Crippen LogP contribution is 2.31. The second-order valence-corrected chi connectivity index (χ2v) is 6.05. The van der Waals surface area contributed by atoms with E-state index in [2.05, 4.69) is 10.2 Å². The summed E-state index contributed by atoms with van der Waals surface area (Å²) in [4.78, 5) is 11.5. The molecule has 0 unspecified atom stereocenters. The highest BCUT2D eigenvalue weighted by molar-refractivity contribution is 8.01. The monoisotopic (exact) mass is 315 g/mol. The Morgan fingerprint density at radius 2 is 2.11 bits per heavy atom. The molecule has 1 N–H and O–H groups in total. The summed E-state index contributed by atoms with van der Waals surface area (Å²) in [5.41, 5.74) is 0. The number of halogens is 3. The van der Waals surface area contributed by atoms with Crippen LogP contribution < -0.4 is 4.90 Å². The van der Waals surface area contributed by atoms with Crippen LogP contribution in [0.3, 0.4) is 0 Å². The van der Waals surface area contributed by atoms with E-state index in [0.29, 0.717) is 4.34 Å². The van der Waals surface area contributed by atoms with E-state index in [1.807, 2.05) is 0 Å². The van der Waals surface area contributed by atoms with E-state index in [1.54, 1.807) is 13.8 Å². The number of thioether (sulfide) groups is 1. The third-order valence-corrected chi connectivity index (χ3v) is 4.01. The molecule has 19 heavy (non-hydrogen) atoms. The first-order valence-corrected chi connectivity index (χ1v) is 7.00. The van der Waals surface area contributed by atoms with E-state index < -0.39 is 18.7 Å². The Balaban J connectivity index is 2.78. The topological polar surface area (TPSA) is 66.3 Å². The quantitative estimate of drug-likeness (QED) is 0.814. The number of anilines is 1. The predicted octanol–water partition coefficient (Wildman–Crippen LogP) is 2.49. The summed E-state index contributed by atoms with van der Waals surface area (Å²) in [6.07, 6.45) is -4.33. The molecule has 0 fully saturated rings. The van der Waals surface area contributed by atoms with Crippen molar-refractivity contribution in [3.63, 3.8) is 0 Å². The van der Waals surface area contributed by atoms with Crippen molar-refractivity contribution in [1.82, 2.24) is 10.2 Å². The zero-order valence-electron chi connectivity index (χ0n) is 10.1. The maximum absolute atomic E-state index is 12.4. The van der Waals surface area contributed by atoms with Gasteiger partial charge in [0, 0.05) is 6.04 Å². The number of rotatable bonds is 6. The Morgan fingerprint density at radius 1 is 1.47 bits per heavy atom. The largest absolute Gasteiger partial charge is 0.481 e. The molecule has 0 saturated heterocycles. The van der Waals surface area contributed by atoms with E-state index in [4.69, 9.17) is 5.11 Å². The van der Waals surface area contributed by atoms with Crippen LogP contribution in [0.1, 0.15) is 13.8 Å². The van der Waals surface area contributed by atoms with Crippen molar-refractivity contribution in [3.05, 3.63) is 0 Å². The van der Waals surface area contributed by atoms with Crippen LogP contribution in [-0.2, 0) is 4.79 Å². The standard InChI is InChI=1S/C9H12F3N3O2S2/c1-5(2)15(4-9(10,11)12)7-13-14-8(19-7)18-3-6(16)17/h5H,3-4H2,1-2H3,(H,16,17). The van der Waals surface area contributed by atoms with Crippen LogP contribution in [-0.4, -0.2) is 45.8 Å². The number of hydrogen-bond donors (Lipinski definition) is 1. The fourth-order valence-corrected chi connectivity index (χ4v) is 2.86. The second kappa shape index (κ2) is 6.42. The average molecular weight is 315 g/mol. The Labute approximate surface area is 115 Å². The van der Waals surface area contributed by atoms with Gasteiger partial charge in [-0.25, -0.2) is 0 Å². The summed E-state index contributed by atoms with van der Waals surface area (Å²) >= 11 is 1.89. The van der Waals surface area contributed by atoms with Crippen molar-refractivity contribution >= 4 is 34.2 Å². The van der Waals surface area contributed by atoms with Gasteiger partial charge in [0.15, 0.2) is 4.34 Å². The van der Waals surface area contributed by atoms with E-state index in [-0.39, 0.29) is 16.9 Å². The lowest BCUT2D eigenvalue weighted by Crippen LogP contribution is -2.39. The third-order valence-electron chi connectivity index (χ3n) is 1.93. The van der Waals surface area contributed by atoms with Crippen molar-refractivity contribution in [3.8, 4) is 0 Å². The van der Waals surface area contributed by atoms with Gasteiger partial charge in [0.2, 0.25) is 5.13 Å². The summed E-state index contributed by atoms with van der Waals surface area (Å²) in [7, 11) is 0. The van der Waals surface area contributed by atoms with Gasteiger partial charge in [0.1, 0.15) is 6.54 Å². The lowest BCUT2D eigenvalue weighted by molar-refractivity contribution is -0.134. The molecule has 1 aromatic rings. The molecule has 0 aliphatic heterocycles. The lowest BCUT2D eigenvalue weighted by Gasteiger charge is -2.26. The fraction of sp³-hybridized carbons (Fsp3) is 0.667. The van der Waals surface area contributed by atoms with Crippen LogP contribution in [0.25, 0.3) is 0 Å². The van der Waals surface area contributed by atoms with Crippen molar-refractivity contribution in [2.24, 2.45) is 0 Å². The molecule has 0 amide bonds. The molecule has 1 heterocycles. The highest BCUT2D eigenvalue weighted by Gasteiger charge is 2.33. The number of alkyl halides is 3. The first kappa shape index (κ1) is 16.0. The number of carbonyl (C=O) groups is 1. The molecular weight excluding hydrogens is 303 g/mol. The van der Waals surface area contributed by atoms with E-state index in [0.717, 1.165) is 28.0 Å². The minimum Gasteiger partial charge on any atom is -0.481 e. The molecule has 10 heteroatoms. The Kier molecular flexibility index (Phi) is 5.41. The molecule has 0 radical (unpaired) electrons. The van der Waals surface area contributed by atoms with Gasteiger partial charge >= 0.3 is 12.1 Å². The van der Waals surface area contributed by atoms with Gasteiger partial charge in [0.25, 0.3) is 0 Å². The number of nitrogens with zero attached hydrogens (tertiary/aromatic N) is 3. The number of aliphatic carboxylic acids is 1. The lowest BCUT2D eigenvalue weighted by atomic mass is 10.3. The number of hydrogen-bond acceptors (Lipinski definition) is 6. The molecule has 0 aromatic carbocycles. The smallest absolute Gasteiger partial charge is 0.406 e. The van der Waals surface area contributed by atoms with Crippen molar-refractivity contribution < 1.29 is 23.1 Å². The Bertz CT molecular complexity index is 437. The summed E-state index contributed by atoms with van der Waals surface area (Å²) in [5, 5.41) is 16.0. The van der Waals surface area contributed by atoms with E-state index in [9.17, 15) is 18.0 Å². The molecule has 1 rings (SSSR count). The number of carboxylic acids is 1. The second-order valence-electron chi connectivity index (χ2n) is 3.87. The van der Waals surface area contributed by atoms with Gasteiger partial charge in [-0.1, -0.05) is 23.1 Å². The number of aromatic nitrogens is 2. The highest BCUT2D eigenvalue weighted by atomic mass is 32.2. The molecule has 0 aliphatic carbocycles. The third kappa shape index (κ3) is 5.64. The molecule has 0 spiro atoms. The molecule has 0 bridgehead atoms. The minimum absolute atomic E-state index is 0.139. The van der Waals surface area contributed by atoms with Gasteiger partial charge in [-0.15, -0.1) is 10.2 Å². The normalized spacial score (nSPS) is 11.9. The van der Waals surface area contributed by atoms with Crippen LogP contribution in [0.5, 0.6) is 0 Å². The Hall–Kier alpha value is -1.03. The van der Waals surface area contributed by atoms with Gasteiger partial charge in [-0.05, 0) is 13.8 Å². The van der Waals surface area contributed by atoms with E-state index in [1.165, 1.54) is 0 Å². The maximum Gasteiger partial charge on any atom is 0.406 e. The van der Waals surface area contributed by atoms with Crippen LogP contribution in [0, 0.1) is 0 Å². The van der Waals surface area contributed by atoms with Gasteiger partial charge in [-0.3, -0.25) is 4.79 Å². The summed E-state index contributed by atoms with van der Waals surface area (Å²) in [6.45, 7) is 2.14. The van der Waals surface area contributed by atoms with Crippen molar-refractivity contribution in [1.29, 1.82) is 0 Å². The maximum atomic E-state index is 12.4. The average Bonchev–Trinajstić information content (AvgIpc) is 2.69. The molecule has 0 aliphatic rings.